The zero-order chi connectivity index (χ0) is 19.6. The number of halogens is 1. The fraction of sp³-hybridized carbons (Fsp3) is 0.263. The minimum Gasteiger partial charge on any atom is -0.490 e. The molecule has 1 aromatic carbocycles. The van der Waals surface area contributed by atoms with Crippen molar-refractivity contribution in [3.05, 3.63) is 57.5 Å². The average Bonchev–Trinajstić information content (AvgIpc) is 3.00. The van der Waals surface area contributed by atoms with Gasteiger partial charge >= 0.3 is 0 Å². The Labute approximate surface area is 165 Å². The molecule has 0 bridgehead atoms. The highest BCUT2D eigenvalue weighted by atomic mass is 79.9. The molecule has 1 atom stereocenters. The van der Waals surface area contributed by atoms with Gasteiger partial charge in [-0.25, -0.2) is 0 Å². The molecule has 0 spiro atoms. The fourth-order valence-electron chi connectivity index (χ4n) is 3.03. The highest BCUT2D eigenvalue weighted by molar-refractivity contribution is 9.10. The second-order valence-electron chi connectivity index (χ2n) is 5.85. The number of rotatable bonds is 6. The first-order chi connectivity index (χ1) is 13.0. The van der Waals surface area contributed by atoms with E-state index in [9.17, 15) is 5.26 Å². The van der Waals surface area contributed by atoms with Crippen molar-refractivity contribution in [1.29, 1.82) is 5.26 Å². The van der Waals surface area contributed by atoms with Crippen LogP contribution in [-0.4, -0.2) is 23.4 Å². The summed E-state index contributed by atoms with van der Waals surface area (Å²) in [5, 5.41) is 16.7. The molecule has 0 saturated carbocycles. The minimum absolute atomic E-state index is 0.0440. The Morgan fingerprint density at radius 2 is 2.26 bits per heavy atom. The van der Waals surface area contributed by atoms with Gasteiger partial charge < -0.3 is 19.9 Å². The summed E-state index contributed by atoms with van der Waals surface area (Å²) >= 11 is 3.55. The number of allylic oxidation sites excluding steroid dienone is 1. The van der Waals surface area contributed by atoms with Crippen molar-refractivity contribution in [1.82, 2.24) is 10.2 Å². The van der Waals surface area contributed by atoms with Crippen LogP contribution in [-0.2, 0) is 0 Å². The molecule has 0 saturated heterocycles. The van der Waals surface area contributed by atoms with Crippen LogP contribution in [0.1, 0.15) is 29.7 Å². The van der Waals surface area contributed by atoms with Gasteiger partial charge in [0.2, 0.25) is 11.8 Å². The third-order valence-electron chi connectivity index (χ3n) is 4.14. The molecular weight excluding hydrogens is 412 g/mol. The van der Waals surface area contributed by atoms with E-state index >= 15 is 0 Å². The molecule has 3 rings (SSSR count). The molecule has 7 nitrogen and oxygen atoms in total. The lowest BCUT2D eigenvalue weighted by atomic mass is 9.84. The van der Waals surface area contributed by atoms with Crippen molar-refractivity contribution >= 4 is 15.9 Å². The van der Waals surface area contributed by atoms with Crippen LogP contribution in [0.5, 0.6) is 17.4 Å². The number of aromatic nitrogens is 2. The van der Waals surface area contributed by atoms with Crippen molar-refractivity contribution in [2.75, 3.05) is 13.2 Å². The molecule has 1 aliphatic heterocycles. The molecule has 0 fully saturated rings. The van der Waals surface area contributed by atoms with E-state index in [2.05, 4.69) is 38.8 Å². The molecule has 3 N–H and O–H groups in total. The van der Waals surface area contributed by atoms with Gasteiger partial charge in [0.15, 0.2) is 11.5 Å². The summed E-state index contributed by atoms with van der Waals surface area (Å²) in [6, 6.07) is 5.90. The van der Waals surface area contributed by atoms with Crippen LogP contribution >= 0.6 is 15.9 Å². The Morgan fingerprint density at radius 1 is 1.48 bits per heavy atom. The van der Waals surface area contributed by atoms with Crippen LogP contribution in [0.3, 0.4) is 0 Å². The lowest BCUT2D eigenvalue weighted by molar-refractivity contribution is 0.295. The summed E-state index contributed by atoms with van der Waals surface area (Å²) in [6.07, 6.45) is 1.66. The average molecular weight is 431 g/mol. The predicted molar refractivity (Wildman–Crippen MR) is 104 cm³/mol. The van der Waals surface area contributed by atoms with Gasteiger partial charge in [0, 0.05) is 11.3 Å². The highest BCUT2D eigenvalue weighted by Crippen LogP contribution is 2.46. The maximum absolute atomic E-state index is 9.68. The maximum atomic E-state index is 9.68. The minimum atomic E-state index is -0.429. The first kappa shape index (κ1) is 18.9. The number of nitrogens with zero attached hydrogens (tertiary/aromatic N) is 2. The van der Waals surface area contributed by atoms with Crippen molar-refractivity contribution in [2.45, 2.75) is 19.8 Å². The molecule has 1 aliphatic rings. The molecular formula is C19H19BrN4O3. The summed E-state index contributed by atoms with van der Waals surface area (Å²) in [6.45, 7) is 8.24. The van der Waals surface area contributed by atoms with Gasteiger partial charge in [0.25, 0.3) is 0 Å². The van der Waals surface area contributed by atoms with Crippen LogP contribution in [0.25, 0.3) is 0 Å². The van der Waals surface area contributed by atoms with E-state index in [0.717, 1.165) is 16.8 Å². The van der Waals surface area contributed by atoms with E-state index < -0.39 is 5.92 Å². The second kappa shape index (κ2) is 7.76. The Hall–Kier alpha value is -2.92. The highest BCUT2D eigenvalue weighted by Gasteiger charge is 2.35. The van der Waals surface area contributed by atoms with E-state index in [0.29, 0.717) is 40.6 Å². The van der Waals surface area contributed by atoms with Crippen LogP contribution < -0.4 is 19.9 Å². The number of nitriles is 1. The molecule has 1 aromatic heterocycles. The van der Waals surface area contributed by atoms with E-state index in [4.69, 9.17) is 19.9 Å². The topological polar surface area (TPSA) is 106 Å². The van der Waals surface area contributed by atoms with E-state index in [-0.39, 0.29) is 5.88 Å². The largest absolute Gasteiger partial charge is 0.490 e. The van der Waals surface area contributed by atoms with E-state index in [1.54, 1.807) is 6.08 Å². The number of aryl methyl sites for hydroxylation is 1. The first-order valence-corrected chi connectivity index (χ1v) is 9.13. The summed E-state index contributed by atoms with van der Waals surface area (Å²) in [5.74, 6) is 1.13. The number of hydrogen-bond donors (Lipinski definition) is 2. The number of hydrogen-bond acceptors (Lipinski definition) is 6. The fourth-order valence-corrected chi connectivity index (χ4v) is 3.61. The Bertz CT molecular complexity index is 959. The van der Waals surface area contributed by atoms with Gasteiger partial charge in [-0.1, -0.05) is 12.7 Å². The van der Waals surface area contributed by atoms with Gasteiger partial charge in [-0.2, -0.15) is 5.26 Å². The van der Waals surface area contributed by atoms with E-state index in [1.165, 1.54) is 0 Å². The van der Waals surface area contributed by atoms with Crippen LogP contribution in [0.2, 0.25) is 0 Å². The summed E-state index contributed by atoms with van der Waals surface area (Å²) in [7, 11) is 0. The SMILES string of the molecule is C=CCOc1c(Br)cc([C@@H]2C(C#N)=C(N)Oc3n[nH]c(C)c32)cc1OCC. The molecule has 27 heavy (non-hydrogen) atoms. The van der Waals surface area contributed by atoms with E-state index in [1.807, 2.05) is 26.0 Å². The van der Waals surface area contributed by atoms with Gasteiger partial charge in [-0.15, -0.1) is 5.10 Å². The van der Waals surface area contributed by atoms with Crippen molar-refractivity contribution in [2.24, 2.45) is 5.73 Å². The first-order valence-electron chi connectivity index (χ1n) is 8.34. The third-order valence-corrected chi connectivity index (χ3v) is 4.73. The van der Waals surface area contributed by atoms with Crippen molar-refractivity contribution in [3.63, 3.8) is 0 Å². The molecule has 0 unspecified atom stereocenters. The second-order valence-corrected chi connectivity index (χ2v) is 6.71. The number of nitrogens with two attached hydrogens (primary N) is 1. The number of benzene rings is 1. The molecule has 8 heteroatoms. The molecule has 0 amide bonds. The summed E-state index contributed by atoms with van der Waals surface area (Å²) < 4.78 is 17.7. The zero-order valence-corrected chi connectivity index (χ0v) is 16.6. The number of aromatic amines is 1. The quantitative estimate of drug-likeness (QED) is 0.677. The molecule has 140 valence electrons. The van der Waals surface area contributed by atoms with Crippen LogP contribution in [0.15, 0.2) is 40.7 Å². The summed E-state index contributed by atoms with van der Waals surface area (Å²) in [4.78, 5) is 0. The Morgan fingerprint density at radius 3 is 2.93 bits per heavy atom. The molecule has 0 aliphatic carbocycles. The monoisotopic (exact) mass is 430 g/mol. The number of nitrogens with one attached hydrogen (secondary N) is 1. The van der Waals surface area contributed by atoms with Crippen LogP contribution in [0.4, 0.5) is 0 Å². The third kappa shape index (κ3) is 3.38. The smallest absolute Gasteiger partial charge is 0.244 e. The normalized spacial score (nSPS) is 15.6. The van der Waals surface area contributed by atoms with Crippen LogP contribution in [0, 0.1) is 18.3 Å². The van der Waals surface area contributed by atoms with Gasteiger partial charge in [0.05, 0.1) is 17.0 Å². The van der Waals surface area contributed by atoms with Gasteiger partial charge in [-0.3, -0.25) is 5.10 Å². The molecule has 0 radical (unpaired) electrons. The Balaban J connectivity index is 2.19. The summed E-state index contributed by atoms with van der Waals surface area (Å²) in [5.41, 5.74) is 8.68. The lowest BCUT2D eigenvalue weighted by Gasteiger charge is -2.25. The zero-order valence-electron chi connectivity index (χ0n) is 15.0. The maximum Gasteiger partial charge on any atom is 0.244 e. The molecule has 2 aromatic rings. The van der Waals surface area contributed by atoms with Gasteiger partial charge in [0.1, 0.15) is 18.2 Å². The Kier molecular flexibility index (Phi) is 5.42. The number of H-pyrrole nitrogens is 1. The van der Waals surface area contributed by atoms with Crippen molar-refractivity contribution in [3.8, 4) is 23.4 Å². The standard InChI is InChI=1S/C19H19BrN4O3/c1-4-6-26-17-13(20)7-11(8-14(17)25-5-2)16-12(9-21)18(22)27-19-15(16)10(3)23-24-19/h4,7-8,16H,1,5-6,22H2,2-3H3,(H,23,24)/t16-/m1/s1. The number of ether oxygens (including phenoxy) is 3. The lowest BCUT2D eigenvalue weighted by Crippen LogP contribution is -2.21. The number of fused-ring (bicyclic) bond motifs is 1. The predicted octanol–water partition coefficient (Wildman–Crippen LogP) is 3.66. The van der Waals surface area contributed by atoms with Gasteiger partial charge in [-0.05, 0) is 47.5 Å². The van der Waals surface area contributed by atoms with Crippen molar-refractivity contribution < 1.29 is 14.2 Å². The molecule has 2 heterocycles.